The summed E-state index contributed by atoms with van der Waals surface area (Å²) in [5.74, 6) is 0.138. The van der Waals surface area contributed by atoms with Crippen LogP contribution >= 0.6 is 11.8 Å². The lowest BCUT2D eigenvalue weighted by atomic mass is 10.0. The van der Waals surface area contributed by atoms with Gasteiger partial charge in [-0.15, -0.1) is 11.8 Å². The molecule has 1 aromatic carbocycles. The highest BCUT2D eigenvalue weighted by Crippen LogP contribution is 2.31. The molecule has 2 rings (SSSR count). The summed E-state index contributed by atoms with van der Waals surface area (Å²) in [6.07, 6.45) is 4.06. The predicted octanol–water partition coefficient (Wildman–Crippen LogP) is 2.31. The molecule has 0 bridgehead atoms. The lowest BCUT2D eigenvalue weighted by Crippen LogP contribution is -2.37. The number of nitrogens with zero attached hydrogens (tertiary/aromatic N) is 1. The minimum absolute atomic E-state index is 0.138. The van der Waals surface area contributed by atoms with Gasteiger partial charge in [-0.25, -0.2) is 0 Å². The monoisotopic (exact) mass is 279 g/mol. The number of benzene rings is 1. The number of anilines is 1. The predicted molar refractivity (Wildman–Crippen MR) is 81.5 cm³/mol. The van der Waals surface area contributed by atoms with Crippen molar-refractivity contribution in [2.45, 2.75) is 23.8 Å². The van der Waals surface area contributed by atoms with E-state index in [-0.39, 0.29) is 5.84 Å². The Bertz CT molecular complexity index is 458. The molecule has 0 unspecified atom stereocenters. The van der Waals surface area contributed by atoms with Gasteiger partial charge in [0.25, 0.3) is 0 Å². The first kappa shape index (κ1) is 14.2. The van der Waals surface area contributed by atoms with Crippen LogP contribution in [0.2, 0.25) is 0 Å². The van der Waals surface area contributed by atoms with Crippen molar-refractivity contribution in [2.24, 2.45) is 5.73 Å². The zero-order valence-electron chi connectivity index (χ0n) is 11.5. The van der Waals surface area contributed by atoms with E-state index in [1.165, 1.54) is 0 Å². The van der Waals surface area contributed by atoms with E-state index in [1.54, 1.807) is 11.8 Å². The first-order chi connectivity index (χ1) is 9.15. The molecule has 0 spiro atoms. The summed E-state index contributed by atoms with van der Waals surface area (Å²) in [6.45, 7) is 1.62. The molecule has 3 N–H and O–H groups in total. The molecule has 4 nitrogen and oxygen atoms in total. The molecule has 1 aromatic rings. The van der Waals surface area contributed by atoms with Crippen molar-refractivity contribution in [3.05, 3.63) is 23.8 Å². The minimum Gasteiger partial charge on any atom is -0.384 e. The summed E-state index contributed by atoms with van der Waals surface area (Å²) < 4.78 is 5.41. The van der Waals surface area contributed by atoms with Crippen LogP contribution in [-0.2, 0) is 4.74 Å². The summed E-state index contributed by atoms with van der Waals surface area (Å²) >= 11 is 1.63. The van der Waals surface area contributed by atoms with Crippen LogP contribution in [0.15, 0.2) is 23.1 Å². The van der Waals surface area contributed by atoms with Crippen LogP contribution in [-0.4, -0.2) is 38.4 Å². The summed E-state index contributed by atoms with van der Waals surface area (Å²) in [6, 6.07) is 6.56. The van der Waals surface area contributed by atoms with E-state index in [1.807, 2.05) is 24.5 Å². The molecular formula is C14H21N3OS. The fraction of sp³-hybridized carbons (Fsp3) is 0.500. The van der Waals surface area contributed by atoms with Gasteiger partial charge in [0, 0.05) is 36.9 Å². The Morgan fingerprint density at radius 2 is 2.11 bits per heavy atom. The Morgan fingerprint density at radius 3 is 2.68 bits per heavy atom. The van der Waals surface area contributed by atoms with Gasteiger partial charge in [-0.1, -0.05) is 6.07 Å². The number of nitrogen functional groups attached to an aromatic ring is 1. The molecule has 0 saturated carbocycles. The van der Waals surface area contributed by atoms with Crippen LogP contribution in [0.4, 0.5) is 5.69 Å². The van der Waals surface area contributed by atoms with E-state index >= 15 is 0 Å². The smallest absolute Gasteiger partial charge is 0.126 e. The molecular weight excluding hydrogens is 258 g/mol. The largest absolute Gasteiger partial charge is 0.384 e. The summed E-state index contributed by atoms with van der Waals surface area (Å²) in [5, 5.41) is 7.84. The van der Waals surface area contributed by atoms with Gasteiger partial charge >= 0.3 is 0 Å². The zero-order chi connectivity index (χ0) is 13.8. The van der Waals surface area contributed by atoms with E-state index in [4.69, 9.17) is 15.9 Å². The first-order valence-corrected chi connectivity index (χ1v) is 7.69. The number of nitrogens with one attached hydrogen (secondary N) is 1. The molecule has 0 radical (unpaired) electrons. The Kier molecular flexibility index (Phi) is 4.71. The van der Waals surface area contributed by atoms with E-state index < -0.39 is 0 Å². The second-order valence-corrected chi connectivity index (χ2v) is 5.57. The third-order valence-electron chi connectivity index (χ3n) is 3.61. The molecule has 0 aliphatic carbocycles. The van der Waals surface area contributed by atoms with Crippen molar-refractivity contribution in [2.75, 3.05) is 31.4 Å². The maximum atomic E-state index is 7.84. The lowest BCUT2D eigenvalue weighted by Gasteiger charge is -2.34. The molecule has 5 heteroatoms. The summed E-state index contributed by atoms with van der Waals surface area (Å²) in [4.78, 5) is 3.31. The van der Waals surface area contributed by atoms with Crippen molar-refractivity contribution in [1.29, 1.82) is 5.41 Å². The maximum absolute atomic E-state index is 7.84. The topological polar surface area (TPSA) is 62.3 Å². The molecule has 0 amide bonds. The highest BCUT2D eigenvalue weighted by Gasteiger charge is 2.22. The first-order valence-electron chi connectivity index (χ1n) is 6.47. The third kappa shape index (κ3) is 3.04. The fourth-order valence-electron chi connectivity index (χ4n) is 2.52. The van der Waals surface area contributed by atoms with Gasteiger partial charge in [0.05, 0.1) is 5.56 Å². The summed E-state index contributed by atoms with van der Waals surface area (Å²) in [7, 11) is 2.09. The second-order valence-electron chi connectivity index (χ2n) is 4.72. The SMILES string of the molecule is CSc1cccc(N(C)C2CCOCC2)c1C(=N)N. The van der Waals surface area contributed by atoms with Crippen molar-refractivity contribution >= 4 is 23.3 Å². The van der Waals surface area contributed by atoms with Crippen molar-refractivity contribution in [1.82, 2.24) is 0 Å². The zero-order valence-corrected chi connectivity index (χ0v) is 12.3. The number of hydrogen-bond donors (Lipinski definition) is 2. The minimum atomic E-state index is 0.138. The number of hydrogen-bond acceptors (Lipinski definition) is 4. The van der Waals surface area contributed by atoms with Crippen LogP contribution in [0.3, 0.4) is 0 Å². The molecule has 1 aliphatic heterocycles. The average Bonchev–Trinajstić information content (AvgIpc) is 2.46. The number of amidine groups is 1. The molecule has 104 valence electrons. The van der Waals surface area contributed by atoms with Gasteiger partial charge in [-0.3, -0.25) is 5.41 Å². The van der Waals surface area contributed by atoms with Crippen LogP contribution in [0.5, 0.6) is 0 Å². The van der Waals surface area contributed by atoms with Crippen LogP contribution < -0.4 is 10.6 Å². The highest BCUT2D eigenvalue weighted by atomic mass is 32.2. The number of thioether (sulfide) groups is 1. The molecule has 1 saturated heterocycles. The highest BCUT2D eigenvalue weighted by molar-refractivity contribution is 7.98. The van der Waals surface area contributed by atoms with Gasteiger partial charge < -0.3 is 15.4 Å². The van der Waals surface area contributed by atoms with E-state index in [0.717, 1.165) is 42.2 Å². The van der Waals surface area contributed by atoms with Crippen LogP contribution in [0.25, 0.3) is 0 Å². The number of nitrogens with two attached hydrogens (primary N) is 1. The molecule has 19 heavy (non-hydrogen) atoms. The standard InChI is InChI=1S/C14H21N3OS/c1-17(10-6-8-18-9-7-10)11-4-3-5-12(19-2)13(11)14(15)16/h3-5,10H,6-9H2,1-2H3,(H3,15,16). The van der Waals surface area contributed by atoms with Crippen LogP contribution in [0, 0.1) is 5.41 Å². The van der Waals surface area contributed by atoms with Gasteiger partial charge in [0.15, 0.2) is 0 Å². The summed E-state index contributed by atoms with van der Waals surface area (Å²) in [5.41, 5.74) is 7.68. The Hall–Kier alpha value is -1.20. The quantitative estimate of drug-likeness (QED) is 0.504. The van der Waals surface area contributed by atoms with Crippen molar-refractivity contribution in [3.63, 3.8) is 0 Å². The Labute approximate surface area is 118 Å². The fourth-order valence-corrected chi connectivity index (χ4v) is 3.16. The Balaban J connectivity index is 2.34. The normalized spacial score (nSPS) is 16.3. The van der Waals surface area contributed by atoms with E-state index in [2.05, 4.69) is 11.9 Å². The van der Waals surface area contributed by atoms with Gasteiger partial charge in [0.2, 0.25) is 0 Å². The number of rotatable bonds is 4. The molecule has 0 aromatic heterocycles. The van der Waals surface area contributed by atoms with E-state index in [9.17, 15) is 0 Å². The molecule has 1 fully saturated rings. The van der Waals surface area contributed by atoms with Gasteiger partial charge in [0.1, 0.15) is 5.84 Å². The maximum Gasteiger partial charge on any atom is 0.126 e. The average molecular weight is 279 g/mol. The third-order valence-corrected chi connectivity index (χ3v) is 4.39. The van der Waals surface area contributed by atoms with Gasteiger partial charge in [-0.05, 0) is 31.2 Å². The van der Waals surface area contributed by atoms with Crippen molar-refractivity contribution < 1.29 is 4.74 Å². The molecule has 1 heterocycles. The molecule has 0 atom stereocenters. The molecule has 1 aliphatic rings. The van der Waals surface area contributed by atoms with Gasteiger partial charge in [-0.2, -0.15) is 0 Å². The lowest BCUT2D eigenvalue weighted by molar-refractivity contribution is 0.0855. The van der Waals surface area contributed by atoms with Crippen LogP contribution in [0.1, 0.15) is 18.4 Å². The van der Waals surface area contributed by atoms with E-state index in [0.29, 0.717) is 6.04 Å². The van der Waals surface area contributed by atoms with Crippen molar-refractivity contribution in [3.8, 4) is 0 Å². The second kappa shape index (κ2) is 6.30. The Morgan fingerprint density at radius 1 is 1.42 bits per heavy atom. The number of ether oxygens (including phenoxy) is 1.